The third kappa shape index (κ3) is 2.73. The number of aromatic nitrogens is 1. The topological polar surface area (TPSA) is 42.1 Å². The Morgan fingerprint density at radius 2 is 2.31 bits per heavy atom. The Balaban J connectivity index is 1.89. The van der Waals surface area contributed by atoms with Crippen molar-refractivity contribution in [2.45, 2.75) is 26.8 Å². The summed E-state index contributed by atoms with van der Waals surface area (Å²) in [6, 6.07) is 3.95. The highest BCUT2D eigenvalue weighted by Gasteiger charge is 2.24. The number of nitrogens with two attached hydrogens (primary N) is 1. The monoisotopic (exact) mass is 219 g/mol. The van der Waals surface area contributed by atoms with Crippen LogP contribution in [0.15, 0.2) is 18.3 Å². The first kappa shape index (κ1) is 11.4. The van der Waals surface area contributed by atoms with Gasteiger partial charge in [-0.05, 0) is 36.4 Å². The van der Waals surface area contributed by atoms with Gasteiger partial charge in [0.25, 0.3) is 0 Å². The Hall–Kier alpha value is -1.09. The number of nitrogen functional groups attached to an aromatic ring is 1. The summed E-state index contributed by atoms with van der Waals surface area (Å²) in [5, 5.41) is 0. The molecule has 0 radical (unpaired) electrons. The summed E-state index contributed by atoms with van der Waals surface area (Å²) in [5.41, 5.74) is 6.83. The van der Waals surface area contributed by atoms with Crippen LogP contribution in [0, 0.1) is 11.8 Å². The highest BCUT2D eigenvalue weighted by molar-refractivity contribution is 5.29. The maximum Gasteiger partial charge on any atom is 0.123 e. The number of likely N-dealkylation sites (tertiary alicyclic amines) is 1. The summed E-state index contributed by atoms with van der Waals surface area (Å²) >= 11 is 0. The molecule has 1 aliphatic heterocycles. The number of pyridine rings is 1. The molecule has 1 aliphatic rings. The van der Waals surface area contributed by atoms with Crippen molar-refractivity contribution in [2.75, 3.05) is 18.8 Å². The van der Waals surface area contributed by atoms with Crippen LogP contribution in [0.2, 0.25) is 0 Å². The molecule has 1 saturated heterocycles. The second kappa shape index (κ2) is 4.83. The molecule has 1 unspecified atom stereocenters. The van der Waals surface area contributed by atoms with E-state index in [4.69, 9.17) is 5.73 Å². The number of nitrogens with zero attached hydrogens (tertiary/aromatic N) is 2. The minimum Gasteiger partial charge on any atom is -0.384 e. The van der Waals surface area contributed by atoms with Crippen LogP contribution in [0.5, 0.6) is 0 Å². The van der Waals surface area contributed by atoms with Gasteiger partial charge in [-0.2, -0.15) is 0 Å². The molecule has 88 valence electrons. The molecule has 0 spiro atoms. The van der Waals surface area contributed by atoms with Crippen LogP contribution < -0.4 is 5.73 Å². The Morgan fingerprint density at radius 1 is 1.50 bits per heavy atom. The van der Waals surface area contributed by atoms with E-state index in [0.29, 0.717) is 5.82 Å². The average molecular weight is 219 g/mol. The second-order valence-corrected chi connectivity index (χ2v) is 5.12. The van der Waals surface area contributed by atoms with E-state index in [1.54, 1.807) is 0 Å². The first-order valence-electron chi connectivity index (χ1n) is 6.08. The molecule has 1 aromatic rings. The third-order valence-corrected chi connectivity index (χ3v) is 3.51. The summed E-state index contributed by atoms with van der Waals surface area (Å²) in [6.45, 7) is 8.09. The predicted molar refractivity (Wildman–Crippen MR) is 66.9 cm³/mol. The SMILES string of the molecule is CC(C)C1CCN(Cc2ccc(N)nc2)C1. The molecule has 0 saturated carbocycles. The van der Waals surface area contributed by atoms with E-state index in [9.17, 15) is 0 Å². The zero-order valence-corrected chi connectivity index (χ0v) is 10.2. The van der Waals surface area contributed by atoms with Crippen molar-refractivity contribution < 1.29 is 0 Å². The zero-order chi connectivity index (χ0) is 11.5. The largest absolute Gasteiger partial charge is 0.384 e. The maximum atomic E-state index is 5.57. The predicted octanol–water partition coefficient (Wildman–Crippen LogP) is 2.14. The fourth-order valence-corrected chi connectivity index (χ4v) is 2.34. The normalized spacial score (nSPS) is 21.8. The summed E-state index contributed by atoms with van der Waals surface area (Å²) in [4.78, 5) is 6.64. The van der Waals surface area contributed by atoms with Gasteiger partial charge < -0.3 is 5.73 Å². The van der Waals surface area contributed by atoms with Crippen LogP contribution in [0.1, 0.15) is 25.8 Å². The van der Waals surface area contributed by atoms with Crippen molar-refractivity contribution in [2.24, 2.45) is 11.8 Å². The first-order valence-corrected chi connectivity index (χ1v) is 6.08. The standard InChI is InChI=1S/C13H21N3/c1-10(2)12-5-6-16(9-12)8-11-3-4-13(14)15-7-11/h3-4,7,10,12H,5-6,8-9H2,1-2H3,(H2,14,15). The van der Waals surface area contributed by atoms with Crippen LogP contribution in [-0.4, -0.2) is 23.0 Å². The summed E-state index contributed by atoms with van der Waals surface area (Å²) in [5.74, 6) is 2.27. The molecule has 0 bridgehead atoms. The minimum atomic E-state index is 0.602. The van der Waals surface area contributed by atoms with Crippen LogP contribution >= 0.6 is 0 Å². The van der Waals surface area contributed by atoms with Gasteiger partial charge in [0, 0.05) is 19.3 Å². The van der Waals surface area contributed by atoms with E-state index < -0.39 is 0 Å². The number of hydrogen-bond acceptors (Lipinski definition) is 3. The lowest BCUT2D eigenvalue weighted by atomic mass is 9.95. The zero-order valence-electron chi connectivity index (χ0n) is 10.2. The van der Waals surface area contributed by atoms with E-state index in [2.05, 4.69) is 29.8 Å². The van der Waals surface area contributed by atoms with Crippen molar-refractivity contribution in [3.8, 4) is 0 Å². The van der Waals surface area contributed by atoms with Crippen molar-refractivity contribution in [1.29, 1.82) is 0 Å². The van der Waals surface area contributed by atoms with Gasteiger partial charge in [0.1, 0.15) is 5.82 Å². The highest BCUT2D eigenvalue weighted by atomic mass is 15.1. The van der Waals surface area contributed by atoms with Gasteiger partial charge in [0.15, 0.2) is 0 Å². The van der Waals surface area contributed by atoms with Gasteiger partial charge in [-0.3, -0.25) is 4.90 Å². The van der Waals surface area contributed by atoms with E-state index in [1.165, 1.54) is 25.1 Å². The molecule has 16 heavy (non-hydrogen) atoms. The van der Waals surface area contributed by atoms with Gasteiger partial charge in [-0.15, -0.1) is 0 Å². The summed E-state index contributed by atoms with van der Waals surface area (Å²) < 4.78 is 0. The van der Waals surface area contributed by atoms with Gasteiger partial charge in [0.2, 0.25) is 0 Å². The molecule has 1 aromatic heterocycles. The summed E-state index contributed by atoms with van der Waals surface area (Å²) in [7, 11) is 0. The lowest BCUT2D eigenvalue weighted by Gasteiger charge is -2.17. The quantitative estimate of drug-likeness (QED) is 0.847. The minimum absolute atomic E-state index is 0.602. The fourth-order valence-electron chi connectivity index (χ4n) is 2.34. The number of rotatable bonds is 3. The second-order valence-electron chi connectivity index (χ2n) is 5.12. The molecular formula is C13H21N3. The Labute approximate surface area is 97.7 Å². The smallest absolute Gasteiger partial charge is 0.123 e. The molecular weight excluding hydrogens is 198 g/mol. The molecule has 0 aliphatic carbocycles. The van der Waals surface area contributed by atoms with Crippen molar-refractivity contribution >= 4 is 5.82 Å². The lowest BCUT2D eigenvalue weighted by Crippen LogP contribution is -2.21. The maximum absolute atomic E-state index is 5.57. The Morgan fingerprint density at radius 3 is 2.88 bits per heavy atom. The van der Waals surface area contributed by atoms with E-state index in [-0.39, 0.29) is 0 Å². The molecule has 3 heteroatoms. The molecule has 1 atom stereocenters. The molecule has 3 nitrogen and oxygen atoms in total. The Bertz CT molecular complexity index is 332. The first-order chi connectivity index (χ1) is 7.65. The van der Waals surface area contributed by atoms with Crippen LogP contribution in [0.3, 0.4) is 0 Å². The Kier molecular flexibility index (Phi) is 3.44. The molecule has 2 rings (SSSR count). The van der Waals surface area contributed by atoms with Gasteiger partial charge in [-0.25, -0.2) is 4.98 Å². The van der Waals surface area contributed by atoms with Crippen molar-refractivity contribution in [1.82, 2.24) is 9.88 Å². The molecule has 0 amide bonds. The summed E-state index contributed by atoms with van der Waals surface area (Å²) in [6.07, 6.45) is 3.22. The van der Waals surface area contributed by atoms with Gasteiger partial charge in [0.05, 0.1) is 0 Å². The molecule has 1 fully saturated rings. The van der Waals surface area contributed by atoms with Gasteiger partial charge >= 0.3 is 0 Å². The fraction of sp³-hybridized carbons (Fsp3) is 0.615. The number of hydrogen-bond donors (Lipinski definition) is 1. The highest BCUT2D eigenvalue weighted by Crippen LogP contribution is 2.24. The van der Waals surface area contributed by atoms with Gasteiger partial charge in [-0.1, -0.05) is 19.9 Å². The van der Waals surface area contributed by atoms with Crippen LogP contribution in [0.4, 0.5) is 5.82 Å². The van der Waals surface area contributed by atoms with E-state index >= 15 is 0 Å². The van der Waals surface area contributed by atoms with E-state index in [0.717, 1.165) is 18.4 Å². The van der Waals surface area contributed by atoms with E-state index in [1.807, 2.05) is 12.3 Å². The van der Waals surface area contributed by atoms with Crippen molar-refractivity contribution in [3.05, 3.63) is 23.9 Å². The van der Waals surface area contributed by atoms with Crippen LogP contribution in [0.25, 0.3) is 0 Å². The third-order valence-electron chi connectivity index (χ3n) is 3.51. The van der Waals surface area contributed by atoms with Crippen molar-refractivity contribution in [3.63, 3.8) is 0 Å². The van der Waals surface area contributed by atoms with Crippen LogP contribution in [-0.2, 0) is 6.54 Å². The molecule has 2 N–H and O–H groups in total. The lowest BCUT2D eigenvalue weighted by molar-refractivity contribution is 0.296. The molecule has 0 aromatic carbocycles. The molecule has 2 heterocycles. The number of anilines is 1. The average Bonchev–Trinajstić information content (AvgIpc) is 2.70.